The van der Waals surface area contributed by atoms with Gasteiger partial charge in [0.1, 0.15) is 4.32 Å². The van der Waals surface area contributed by atoms with Crippen LogP contribution in [0.2, 0.25) is 5.02 Å². The topological polar surface area (TPSA) is 105 Å². The fourth-order valence-corrected chi connectivity index (χ4v) is 4.99. The van der Waals surface area contributed by atoms with Gasteiger partial charge in [-0.15, -0.1) is 0 Å². The minimum atomic E-state index is -1.01. The van der Waals surface area contributed by atoms with Crippen molar-refractivity contribution in [2.75, 3.05) is 25.1 Å². The van der Waals surface area contributed by atoms with Crippen LogP contribution in [0.1, 0.15) is 30.0 Å². The highest BCUT2D eigenvalue weighted by molar-refractivity contribution is 8.26. The molecule has 0 radical (unpaired) electrons. The molecule has 0 spiro atoms. The third-order valence-electron chi connectivity index (χ3n) is 5.06. The molecule has 1 aliphatic heterocycles. The van der Waals surface area contributed by atoms with E-state index in [4.69, 9.17) is 38.4 Å². The summed E-state index contributed by atoms with van der Waals surface area (Å²) in [7, 11) is 0. The maximum Gasteiger partial charge on any atom is 0.305 e. The van der Waals surface area contributed by atoms with Crippen molar-refractivity contribution < 1.29 is 29.0 Å². The normalized spacial score (nSPS) is 14.3. The fourth-order valence-electron chi connectivity index (χ4n) is 3.40. The number of aryl methyl sites for hydroxylation is 2. The minimum Gasteiger partial charge on any atom is -0.490 e. The van der Waals surface area contributed by atoms with Crippen molar-refractivity contribution in [3.8, 4) is 11.5 Å². The molecule has 190 valence electrons. The number of hydrogen-bond acceptors (Lipinski definition) is 7. The standard InChI is InChI=1S/C25H25ClN2O6S2/c1-4-33-19-11-16(12-20-24(32)28(25(35)36-20)8-7-22(30)31)10-17(26)23(19)34-13-21(29)27-18-6-5-14(2)9-15(18)3/h5-6,9-12H,4,7-8,13H2,1-3H3,(H,27,29)(H,30,31)/b20-12-. The lowest BCUT2D eigenvalue weighted by Gasteiger charge is -2.15. The second-order valence-corrected chi connectivity index (χ2v) is 9.98. The molecule has 2 aromatic rings. The number of carboxylic acids is 1. The maximum absolute atomic E-state index is 12.7. The number of thiocarbonyl (C=S) groups is 1. The third kappa shape index (κ3) is 6.99. The maximum atomic E-state index is 12.7. The Labute approximate surface area is 223 Å². The first kappa shape index (κ1) is 27.5. The molecule has 2 aromatic carbocycles. The molecule has 11 heteroatoms. The number of amides is 2. The Hall–Kier alpha value is -3.08. The van der Waals surface area contributed by atoms with Crippen molar-refractivity contribution in [1.82, 2.24) is 4.90 Å². The second kappa shape index (κ2) is 12.2. The summed E-state index contributed by atoms with van der Waals surface area (Å²) in [6.45, 7) is 5.72. The number of carbonyl (C=O) groups is 3. The SMILES string of the molecule is CCOc1cc(/C=C2\SC(=S)N(CCC(=O)O)C2=O)cc(Cl)c1OCC(=O)Nc1ccc(C)cc1C. The molecule has 0 aromatic heterocycles. The van der Waals surface area contributed by atoms with Crippen molar-refractivity contribution in [2.45, 2.75) is 27.2 Å². The van der Waals surface area contributed by atoms with E-state index in [0.717, 1.165) is 22.9 Å². The molecule has 8 nitrogen and oxygen atoms in total. The molecule has 0 saturated carbocycles. The van der Waals surface area contributed by atoms with Gasteiger partial charge in [-0.25, -0.2) is 0 Å². The zero-order chi connectivity index (χ0) is 26.4. The van der Waals surface area contributed by atoms with Gasteiger partial charge in [-0.1, -0.05) is 53.3 Å². The van der Waals surface area contributed by atoms with E-state index < -0.39 is 5.97 Å². The number of carboxylic acid groups (broad SMARTS) is 1. The van der Waals surface area contributed by atoms with Gasteiger partial charge in [-0.2, -0.15) is 0 Å². The zero-order valence-corrected chi connectivity index (χ0v) is 22.3. The Kier molecular flexibility index (Phi) is 9.36. The van der Waals surface area contributed by atoms with Crippen LogP contribution in [0.5, 0.6) is 11.5 Å². The Bertz CT molecular complexity index is 1250. The Morgan fingerprint density at radius 1 is 1.22 bits per heavy atom. The van der Waals surface area contributed by atoms with Crippen molar-refractivity contribution in [3.05, 3.63) is 56.9 Å². The van der Waals surface area contributed by atoms with Gasteiger partial charge in [0.05, 0.1) is 23.0 Å². The van der Waals surface area contributed by atoms with Crippen LogP contribution in [0.4, 0.5) is 5.69 Å². The smallest absolute Gasteiger partial charge is 0.305 e. The van der Waals surface area contributed by atoms with Crippen molar-refractivity contribution in [1.29, 1.82) is 0 Å². The average molecular weight is 549 g/mol. The van der Waals surface area contributed by atoms with Gasteiger partial charge in [0.2, 0.25) is 0 Å². The number of benzene rings is 2. The minimum absolute atomic E-state index is 0.000747. The predicted octanol–water partition coefficient (Wildman–Crippen LogP) is 5.05. The Morgan fingerprint density at radius 2 is 1.97 bits per heavy atom. The number of halogens is 1. The van der Waals surface area contributed by atoms with E-state index in [9.17, 15) is 14.4 Å². The summed E-state index contributed by atoms with van der Waals surface area (Å²) in [5, 5.41) is 11.9. The number of nitrogens with one attached hydrogen (secondary N) is 1. The Balaban J connectivity index is 1.75. The number of aliphatic carboxylic acids is 1. The van der Waals surface area contributed by atoms with E-state index in [2.05, 4.69) is 5.32 Å². The second-order valence-electron chi connectivity index (χ2n) is 7.90. The van der Waals surface area contributed by atoms with Gasteiger partial charge in [0, 0.05) is 12.2 Å². The highest BCUT2D eigenvalue weighted by Gasteiger charge is 2.32. The molecular weight excluding hydrogens is 524 g/mol. The molecule has 2 N–H and O–H groups in total. The summed E-state index contributed by atoms with van der Waals surface area (Å²) in [4.78, 5) is 37.6. The van der Waals surface area contributed by atoms with Gasteiger partial charge >= 0.3 is 5.97 Å². The largest absolute Gasteiger partial charge is 0.490 e. The van der Waals surface area contributed by atoms with E-state index in [1.807, 2.05) is 32.0 Å². The van der Waals surface area contributed by atoms with Crippen LogP contribution in [0.25, 0.3) is 6.08 Å². The van der Waals surface area contributed by atoms with Gasteiger partial charge < -0.3 is 19.9 Å². The zero-order valence-electron chi connectivity index (χ0n) is 19.9. The number of ether oxygens (including phenoxy) is 2. The highest BCUT2D eigenvalue weighted by Crippen LogP contribution is 2.39. The lowest BCUT2D eigenvalue weighted by atomic mass is 10.1. The van der Waals surface area contributed by atoms with Gasteiger partial charge in [-0.3, -0.25) is 19.3 Å². The molecule has 1 saturated heterocycles. The monoisotopic (exact) mass is 548 g/mol. The molecule has 0 unspecified atom stereocenters. The first-order chi connectivity index (χ1) is 17.1. The van der Waals surface area contributed by atoms with Crippen LogP contribution in [0.15, 0.2) is 35.2 Å². The number of carbonyl (C=O) groups excluding carboxylic acids is 2. The van der Waals surface area contributed by atoms with Crippen molar-refractivity contribution >= 4 is 69.4 Å². The molecule has 0 atom stereocenters. The van der Waals surface area contributed by atoms with E-state index in [1.54, 1.807) is 25.1 Å². The van der Waals surface area contributed by atoms with Crippen LogP contribution in [-0.2, 0) is 14.4 Å². The van der Waals surface area contributed by atoms with E-state index in [-0.39, 0.29) is 42.2 Å². The summed E-state index contributed by atoms with van der Waals surface area (Å²) in [6.07, 6.45) is 1.40. The molecule has 1 fully saturated rings. The van der Waals surface area contributed by atoms with Crippen LogP contribution >= 0.6 is 35.6 Å². The molecular formula is C25H25ClN2O6S2. The summed E-state index contributed by atoms with van der Waals surface area (Å²) in [6, 6.07) is 8.95. The molecule has 0 aliphatic carbocycles. The summed E-state index contributed by atoms with van der Waals surface area (Å²) in [5.41, 5.74) is 3.29. The average Bonchev–Trinajstić information content (AvgIpc) is 3.06. The highest BCUT2D eigenvalue weighted by atomic mass is 35.5. The summed E-state index contributed by atoms with van der Waals surface area (Å²) >= 11 is 12.8. The molecule has 3 rings (SSSR count). The quantitative estimate of drug-likeness (QED) is 0.314. The number of nitrogens with zero attached hydrogens (tertiary/aromatic N) is 1. The summed E-state index contributed by atoms with van der Waals surface area (Å²) in [5.74, 6) is -1.21. The van der Waals surface area contributed by atoms with E-state index >= 15 is 0 Å². The lowest BCUT2D eigenvalue weighted by Crippen LogP contribution is -2.30. The molecule has 36 heavy (non-hydrogen) atoms. The first-order valence-corrected chi connectivity index (χ1v) is 12.6. The van der Waals surface area contributed by atoms with Crippen LogP contribution < -0.4 is 14.8 Å². The van der Waals surface area contributed by atoms with Crippen molar-refractivity contribution in [2.24, 2.45) is 0 Å². The molecule has 1 aliphatic rings. The fraction of sp³-hybridized carbons (Fsp3) is 0.280. The number of anilines is 1. The predicted molar refractivity (Wildman–Crippen MR) is 145 cm³/mol. The van der Waals surface area contributed by atoms with Gasteiger partial charge in [0.15, 0.2) is 18.1 Å². The van der Waals surface area contributed by atoms with Gasteiger partial charge in [-0.05, 0) is 56.2 Å². The first-order valence-electron chi connectivity index (χ1n) is 11.0. The number of hydrogen-bond donors (Lipinski definition) is 2. The number of thioether (sulfide) groups is 1. The number of rotatable bonds is 10. The van der Waals surface area contributed by atoms with E-state index in [1.165, 1.54) is 4.90 Å². The van der Waals surface area contributed by atoms with Crippen molar-refractivity contribution in [3.63, 3.8) is 0 Å². The van der Waals surface area contributed by atoms with E-state index in [0.29, 0.717) is 32.8 Å². The molecule has 0 bridgehead atoms. The summed E-state index contributed by atoms with van der Waals surface area (Å²) < 4.78 is 11.7. The third-order valence-corrected chi connectivity index (χ3v) is 6.71. The van der Waals surface area contributed by atoms with Crippen LogP contribution in [-0.4, -0.2) is 51.9 Å². The lowest BCUT2D eigenvalue weighted by molar-refractivity contribution is -0.137. The Morgan fingerprint density at radius 3 is 2.64 bits per heavy atom. The molecule has 2 amide bonds. The van der Waals surface area contributed by atoms with Crippen LogP contribution in [0.3, 0.4) is 0 Å². The molecule has 1 heterocycles. The van der Waals surface area contributed by atoms with Gasteiger partial charge in [0.25, 0.3) is 11.8 Å². The van der Waals surface area contributed by atoms with Crippen LogP contribution in [0, 0.1) is 13.8 Å².